The molecule has 2 aliphatic rings. The molecule has 3 aromatic heterocycles. The van der Waals surface area contributed by atoms with Crippen LogP contribution in [0.2, 0.25) is 5.02 Å². The smallest absolute Gasteiger partial charge is 0.392 e. The minimum atomic E-state index is -4.62. The van der Waals surface area contributed by atoms with E-state index in [0.717, 1.165) is 6.20 Å². The third-order valence-corrected chi connectivity index (χ3v) is 8.25. The molecule has 4 aromatic rings. The van der Waals surface area contributed by atoms with Gasteiger partial charge in [0.25, 0.3) is 5.91 Å². The van der Waals surface area contributed by atoms with E-state index in [1.165, 1.54) is 23.0 Å². The maximum atomic E-state index is 13.4. The van der Waals surface area contributed by atoms with Crippen molar-refractivity contribution in [2.24, 2.45) is 0 Å². The molecule has 4 heterocycles. The van der Waals surface area contributed by atoms with Gasteiger partial charge in [-0.05, 0) is 50.3 Å². The monoisotopic (exact) mass is 631 g/mol. The largest absolute Gasteiger partial charge is 0.433 e. The number of hydrogen-bond donors (Lipinski definition) is 6. The van der Waals surface area contributed by atoms with Gasteiger partial charge in [0.15, 0.2) is 11.5 Å². The fraction of sp³-hybridized carbons (Fsp3) is 0.393. The molecule has 1 aromatic carbocycles. The summed E-state index contributed by atoms with van der Waals surface area (Å²) in [6.45, 7) is 0.413. The molecule has 0 spiro atoms. The fourth-order valence-electron chi connectivity index (χ4n) is 5.68. The number of β-amino-alcohol motifs (C(OH)–C–C–N with tert-alkyl or cyclic N) is 1. The number of hydrogen-bond acceptors (Lipinski definition) is 8. The van der Waals surface area contributed by atoms with Gasteiger partial charge in [-0.15, -0.1) is 0 Å². The van der Waals surface area contributed by atoms with Gasteiger partial charge < -0.3 is 26.4 Å². The molecule has 6 N–H and O–H groups in total. The van der Waals surface area contributed by atoms with Crippen LogP contribution in [0.3, 0.4) is 0 Å². The van der Waals surface area contributed by atoms with Crippen LogP contribution in [-0.2, 0) is 11.0 Å². The third-order valence-electron chi connectivity index (χ3n) is 7.94. The maximum Gasteiger partial charge on any atom is 0.433 e. The summed E-state index contributed by atoms with van der Waals surface area (Å²) in [5.41, 5.74) is 0.103. The van der Waals surface area contributed by atoms with Gasteiger partial charge in [-0.25, -0.2) is 9.97 Å². The van der Waals surface area contributed by atoms with E-state index >= 15 is 0 Å². The first-order valence-corrected chi connectivity index (χ1v) is 14.5. The lowest BCUT2D eigenvalue weighted by Gasteiger charge is -2.30. The summed E-state index contributed by atoms with van der Waals surface area (Å²) in [6.07, 6.45) is 3.42. The molecule has 0 bridgehead atoms. The Morgan fingerprint density at radius 1 is 1.07 bits per heavy atom. The number of aromatic amines is 1. The van der Waals surface area contributed by atoms with Crippen LogP contribution in [0.1, 0.15) is 48.2 Å². The summed E-state index contributed by atoms with van der Waals surface area (Å²) in [7, 11) is 0. The number of fused-ring (bicyclic) bond motifs is 1. The zero-order chi connectivity index (χ0) is 31.0. The predicted octanol–water partition coefficient (Wildman–Crippen LogP) is 3.42. The van der Waals surface area contributed by atoms with Gasteiger partial charge in [0, 0.05) is 36.7 Å². The first kappa shape index (κ1) is 29.8. The number of amides is 2. The number of nitrogens with zero attached hydrogens (tertiary/aromatic N) is 4. The van der Waals surface area contributed by atoms with Crippen molar-refractivity contribution in [3.63, 3.8) is 0 Å². The average molecular weight is 632 g/mol. The summed E-state index contributed by atoms with van der Waals surface area (Å²) in [4.78, 5) is 34.0. The molecule has 0 radical (unpaired) electrons. The van der Waals surface area contributed by atoms with Crippen molar-refractivity contribution in [2.45, 2.75) is 62.5 Å². The molecule has 1 saturated heterocycles. The van der Waals surface area contributed by atoms with Gasteiger partial charge in [-0.3, -0.25) is 19.1 Å². The quantitative estimate of drug-likeness (QED) is 0.181. The Hall–Kier alpha value is -4.21. The van der Waals surface area contributed by atoms with Gasteiger partial charge in [0.2, 0.25) is 5.91 Å². The van der Waals surface area contributed by atoms with Crippen LogP contribution in [-0.4, -0.2) is 72.3 Å². The first-order chi connectivity index (χ1) is 21.1. The molecular formula is C28H29ClF3N9O3. The van der Waals surface area contributed by atoms with Crippen molar-refractivity contribution in [1.82, 2.24) is 40.5 Å². The number of carbonyl (C=O) groups excluding carboxylic acids is 2. The highest BCUT2D eigenvalue weighted by Gasteiger charge is 2.37. The van der Waals surface area contributed by atoms with Crippen molar-refractivity contribution in [3.05, 3.63) is 59.3 Å². The molecule has 1 saturated carbocycles. The number of carbonyl (C=O) groups is 2. The fourth-order valence-corrected chi connectivity index (χ4v) is 5.95. The highest BCUT2D eigenvalue weighted by atomic mass is 35.5. The van der Waals surface area contributed by atoms with E-state index in [-0.39, 0.29) is 63.2 Å². The highest BCUT2D eigenvalue weighted by Crippen LogP contribution is 2.36. The second kappa shape index (κ2) is 12.1. The summed E-state index contributed by atoms with van der Waals surface area (Å²) in [5.74, 6) is -0.160. The van der Waals surface area contributed by atoms with Crippen LogP contribution in [0.15, 0.2) is 43.0 Å². The minimum Gasteiger partial charge on any atom is -0.392 e. The van der Waals surface area contributed by atoms with E-state index in [2.05, 4.69) is 36.3 Å². The van der Waals surface area contributed by atoms with Gasteiger partial charge in [-0.1, -0.05) is 11.6 Å². The molecule has 2 atom stereocenters. The zero-order valence-corrected chi connectivity index (χ0v) is 23.9. The van der Waals surface area contributed by atoms with Crippen LogP contribution in [0.5, 0.6) is 0 Å². The Balaban J connectivity index is 1.08. The Bertz CT molecular complexity index is 1680. The molecule has 16 heteroatoms. The molecule has 2 unspecified atom stereocenters. The summed E-state index contributed by atoms with van der Waals surface area (Å²) >= 11 is 6.48. The van der Waals surface area contributed by atoms with E-state index < -0.39 is 18.0 Å². The molecule has 2 amide bonds. The Kier molecular flexibility index (Phi) is 8.18. The summed E-state index contributed by atoms with van der Waals surface area (Å²) < 4.78 is 41.7. The lowest BCUT2D eigenvalue weighted by atomic mass is 9.90. The van der Waals surface area contributed by atoms with Crippen LogP contribution in [0.25, 0.3) is 16.9 Å². The summed E-state index contributed by atoms with van der Waals surface area (Å²) in [6, 6.07) is 4.35. The molecule has 1 aliphatic heterocycles. The molecular weight excluding hydrogens is 603 g/mol. The predicted molar refractivity (Wildman–Crippen MR) is 154 cm³/mol. The first-order valence-electron chi connectivity index (χ1n) is 14.1. The van der Waals surface area contributed by atoms with E-state index in [0.29, 0.717) is 44.3 Å². The second-order valence-electron chi connectivity index (χ2n) is 11.0. The number of aliphatic hydroxyl groups is 1. The lowest BCUT2D eigenvalue weighted by Crippen LogP contribution is -2.48. The SMILES string of the molecule is O=C(NC1CCC(NC(=O)C2CC(O)CN2)CC1)c1ccc(Nc2nccn3c(-c4cn[nH]c4C(F)(F)F)cnc23)cc1Cl. The Labute approximate surface area is 253 Å². The normalized spacial score (nSPS) is 22.2. The molecule has 1 aliphatic carbocycles. The van der Waals surface area contributed by atoms with Gasteiger partial charge in [0.05, 0.1) is 46.4 Å². The number of benzene rings is 1. The average Bonchev–Trinajstić information content (AvgIpc) is 3.74. The van der Waals surface area contributed by atoms with Crippen LogP contribution >= 0.6 is 11.6 Å². The van der Waals surface area contributed by atoms with E-state index in [1.54, 1.807) is 18.2 Å². The Morgan fingerprint density at radius 2 is 1.82 bits per heavy atom. The van der Waals surface area contributed by atoms with Crippen LogP contribution in [0, 0.1) is 0 Å². The highest BCUT2D eigenvalue weighted by molar-refractivity contribution is 6.34. The van der Waals surface area contributed by atoms with E-state index in [4.69, 9.17) is 11.6 Å². The lowest BCUT2D eigenvalue weighted by molar-refractivity contribution is -0.140. The van der Waals surface area contributed by atoms with Crippen LogP contribution < -0.4 is 21.3 Å². The standard InChI is InChI=1S/C28H29ClF3N9O3/c29-20-9-16(37-24-25-35-13-22(41(25)8-7-33-24)19-12-36-40-23(19)28(30,31)32)5-6-18(20)26(43)38-14-1-3-15(4-2-14)39-27(44)21-10-17(42)11-34-21/h5-9,12-15,17,21,34,42H,1-4,10-11H2,(H,33,37)(H,36,40)(H,38,43)(H,39,44). The number of aliphatic hydroxyl groups excluding tert-OH is 1. The van der Waals surface area contributed by atoms with Crippen LogP contribution in [0.4, 0.5) is 24.7 Å². The van der Waals surface area contributed by atoms with E-state index in [1.807, 2.05) is 5.10 Å². The van der Waals surface area contributed by atoms with Crippen molar-refractivity contribution in [3.8, 4) is 11.3 Å². The second-order valence-corrected chi connectivity index (χ2v) is 11.4. The van der Waals surface area contributed by atoms with Gasteiger partial charge in [-0.2, -0.15) is 18.3 Å². The number of H-pyrrole nitrogens is 1. The van der Waals surface area contributed by atoms with Gasteiger partial charge in [0.1, 0.15) is 5.69 Å². The van der Waals surface area contributed by atoms with Gasteiger partial charge >= 0.3 is 6.18 Å². The number of rotatable bonds is 7. The number of imidazole rings is 1. The van der Waals surface area contributed by atoms with Crippen molar-refractivity contribution in [2.75, 3.05) is 11.9 Å². The molecule has 232 valence electrons. The van der Waals surface area contributed by atoms with Crippen molar-refractivity contribution >= 4 is 40.6 Å². The number of anilines is 2. The molecule has 44 heavy (non-hydrogen) atoms. The maximum absolute atomic E-state index is 13.4. The number of nitrogens with one attached hydrogen (secondary N) is 5. The number of alkyl halides is 3. The Morgan fingerprint density at radius 3 is 2.50 bits per heavy atom. The van der Waals surface area contributed by atoms with E-state index in [9.17, 15) is 27.9 Å². The molecule has 6 rings (SSSR count). The van der Waals surface area contributed by atoms with Crippen molar-refractivity contribution < 1.29 is 27.9 Å². The zero-order valence-electron chi connectivity index (χ0n) is 23.2. The minimum absolute atomic E-state index is 0.0136. The third kappa shape index (κ3) is 6.21. The number of halogens is 4. The molecule has 2 fully saturated rings. The topological polar surface area (TPSA) is 161 Å². The number of aromatic nitrogens is 5. The van der Waals surface area contributed by atoms with Crippen molar-refractivity contribution in [1.29, 1.82) is 0 Å². The summed E-state index contributed by atoms with van der Waals surface area (Å²) in [5, 5.41) is 27.5. The molecule has 12 nitrogen and oxygen atoms in total.